The lowest BCUT2D eigenvalue weighted by molar-refractivity contribution is -0.136. The van der Waals surface area contributed by atoms with Gasteiger partial charge in [0.2, 0.25) is 0 Å². The van der Waals surface area contributed by atoms with E-state index < -0.39 is 5.97 Å². The number of rotatable bonds is 8. The summed E-state index contributed by atoms with van der Waals surface area (Å²) in [5.74, 6) is -0.537. The molecule has 2 rings (SSSR count). The lowest BCUT2D eigenvalue weighted by Crippen LogP contribution is -2.12. The largest absolute Gasteiger partial charge is 0.491 e. The molecule has 126 valence electrons. The number of anilines is 1. The molecule has 0 aliphatic rings. The maximum atomic E-state index is 12.2. The zero-order valence-electron chi connectivity index (χ0n) is 13.3. The molecule has 24 heavy (non-hydrogen) atoms. The summed E-state index contributed by atoms with van der Waals surface area (Å²) in [6, 6.07) is 13.5. The molecule has 0 aliphatic heterocycles. The molecule has 0 unspecified atom stereocenters. The summed E-state index contributed by atoms with van der Waals surface area (Å²) in [6.45, 7) is 0.915. The monoisotopic (exact) mass is 329 g/mol. The molecule has 0 saturated heterocycles. The highest BCUT2D eigenvalue weighted by Gasteiger charge is 2.08. The van der Waals surface area contributed by atoms with Crippen LogP contribution < -0.4 is 10.1 Å². The number of aliphatic carboxylic acids is 1. The van der Waals surface area contributed by atoms with Gasteiger partial charge in [-0.05, 0) is 29.8 Å². The van der Waals surface area contributed by atoms with Crippen LogP contribution in [-0.2, 0) is 16.0 Å². The van der Waals surface area contributed by atoms with Gasteiger partial charge in [0.05, 0.1) is 13.0 Å². The average molecular weight is 329 g/mol. The quantitative estimate of drug-likeness (QED) is 0.727. The third kappa shape index (κ3) is 5.40. The Labute approximate surface area is 140 Å². The second kappa shape index (κ2) is 8.69. The summed E-state index contributed by atoms with van der Waals surface area (Å²) in [5, 5.41) is 11.5. The van der Waals surface area contributed by atoms with Gasteiger partial charge in [0, 0.05) is 24.4 Å². The minimum absolute atomic E-state index is 0.0667. The van der Waals surface area contributed by atoms with Crippen molar-refractivity contribution < 1.29 is 24.2 Å². The van der Waals surface area contributed by atoms with Crippen LogP contribution in [0, 0.1) is 0 Å². The zero-order chi connectivity index (χ0) is 17.4. The number of carboxylic acid groups (broad SMARTS) is 1. The van der Waals surface area contributed by atoms with E-state index in [2.05, 4.69) is 5.32 Å². The molecule has 2 N–H and O–H groups in total. The first-order valence-corrected chi connectivity index (χ1v) is 7.42. The van der Waals surface area contributed by atoms with Gasteiger partial charge in [-0.1, -0.05) is 18.2 Å². The highest BCUT2D eigenvalue weighted by Crippen LogP contribution is 2.18. The van der Waals surface area contributed by atoms with Crippen molar-refractivity contribution in [3.05, 3.63) is 59.7 Å². The summed E-state index contributed by atoms with van der Waals surface area (Å²) in [5.41, 5.74) is 1.71. The van der Waals surface area contributed by atoms with Gasteiger partial charge in [-0.15, -0.1) is 0 Å². The van der Waals surface area contributed by atoms with Crippen LogP contribution in [0.5, 0.6) is 5.75 Å². The van der Waals surface area contributed by atoms with Gasteiger partial charge in [-0.2, -0.15) is 0 Å². The fourth-order valence-electron chi connectivity index (χ4n) is 2.06. The molecule has 6 nitrogen and oxygen atoms in total. The molecule has 0 atom stereocenters. The molecule has 0 aliphatic carbocycles. The normalized spacial score (nSPS) is 10.2. The molecule has 0 aromatic heterocycles. The van der Waals surface area contributed by atoms with Crippen LogP contribution >= 0.6 is 0 Å². The van der Waals surface area contributed by atoms with Crippen molar-refractivity contribution in [2.45, 2.75) is 6.42 Å². The fourth-order valence-corrected chi connectivity index (χ4v) is 2.06. The molecule has 0 fully saturated rings. The van der Waals surface area contributed by atoms with Crippen LogP contribution in [-0.4, -0.2) is 37.3 Å². The molecule has 0 bridgehead atoms. The second-order valence-corrected chi connectivity index (χ2v) is 5.09. The van der Waals surface area contributed by atoms with Gasteiger partial charge < -0.3 is 19.9 Å². The SMILES string of the molecule is COCCOc1cccc(NC(=O)c2ccc(CC(=O)O)cc2)c1. The predicted octanol–water partition coefficient (Wildman–Crippen LogP) is 2.59. The summed E-state index contributed by atoms with van der Waals surface area (Å²) in [4.78, 5) is 22.9. The van der Waals surface area contributed by atoms with Crippen molar-refractivity contribution in [2.75, 3.05) is 25.6 Å². The summed E-state index contributed by atoms with van der Waals surface area (Å²) in [6.07, 6.45) is -0.0667. The summed E-state index contributed by atoms with van der Waals surface area (Å²) in [7, 11) is 1.60. The molecule has 0 spiro atoms. The first kappa shape index (κ1) is 17.5. The van der Waals surface area contributed by atoms with E-state index in [1.54, 1.807) is 55.6 Å². The second-order valence-electron chi connectivity index (χ2n) is 5.09. The maximum Gasteiger partial charge on any atom is 0.307 e. The van der Waals surface area contributed by atoms with E-state index in [4.69, 9.17) is 14.6 Å². The van der Waals surface area contributed by atoms with E-state index >= 15 is 0 Å². The number of hydrogen-bond acceptors (Lipinski definition) is 4. The Kier molecular flexibility index (Phi) is 6.33. The van der Waals surface area contributed by atoms with Crippen molar-refractivity contribution in [3.8, 4) is 5.75 Å². The van der Waals surface area contributed by atoms with E-state index in [0.29, 0.717) is 35.8 Å². The number of hydrogen-bond donors (Lipinski definition) is 2. The van der Waals surface area contributed by atoms with Crippen molar-refractivity contribution >= 4 is 17.6 Å². The molecule has 2 aromatic rings. The smallest absolute Gasteiger partial charge is 0.307 e. The first-order chi connectivity index (χ1) is 11.6. The third-order valence-corrected chi connectivity index (χ3v) is 3.22. The van der Waals surface area contributed by atoms with Gasteiger partial charge in [-0.3, -0.25) is 9.59 Å². The molecule has 6 heteroatoms. The molecule has 0 heterocycles. The Balaban J connectivity index is 1.98. The minimum Gasteiger partial charge on any atom is -0.491 e. The molecular weight excluding hydrogens is 310 g/mol. The minimum atomic E-state index is -0.905. The Morgan fingerprint density at radius 3 is 2.50 bits per heavy atom. The number of ether oxygens (including phenoxy) is 2. The Hall–Kier alpha value is -2.86. The van der Waals surface area contributed by atoms with Gasteiger partial charge >= 0.3 is 5.97 Å². The van der Waals surface area contributed by atoms with Gasteiger partial charge in [0.25, 0.3) is 5.91 Å². The van der Waals surface area contributed by atoms with Gasteiger partial charge in [0.15, 0.2) is 0 Å². The van der Waals surface area contributed by atoms with E-state index in [-0.39, 0.29) is 12.3 Å². The Bertz CT molecular complexity index is 697. The Morgan fingerprint density at radius 1 is 1.08 bits per heavy atom. The predicted molar refractivity (Wildman–Crippen MR) is 89.5 cm³/mol. The topological polar surface area (TPSA) is 84.9 Å². The fraction of sp³-hybridized carbons (Fsp3) is 0.222. The van der Waals surface area contributed by atoms with Crippen molar-refractivity contribution in [3.63, 3.8) is 0 Å². The number of carbonyl (C=O) groups is 2. The highest BCUT2D eigenvalue weighted by molar-refractivity contribution is 6.04. The lowest BCUT2D eigenvalue weighted by atomic mass is 10.1. The third-order valence-electron chi connectivity index (χ3n) is 3.22. The lowest BCUT2D eigenvalue weighted by Gasteiger charge is -2.09. The molecule has 1 amide bonds. The highest BCUT2D eigenvalue weighted by atomic mass is 16.5. The van der Waals surface area contributed by atoms with Crippen LogP contribution in [0.15, 0.2) is 48.5 Å². The standard InChI is InChI=1S/C18H19NO5/c1-23-9-10-24-16-4-2-3-15(12-16)19-18(22)14-7-5-13(6-8-14)11-17(20)21/h2-8,12H,9-11H2,1H3,(H,19,22)(H,20,21). The molecule has 2 aromatic carbocycles. The van der Waals surface area contributed by atoms with Crippen LogP contribution in [0.4, 0.5) is 5.69 Å². The number of nitrogens with one attached hydrogen (secondary N) is 1. The van der Waals surface area contributed by atoms with E-state index in [1.807, 2.05) is 0 Å². The van der Waals surface area contributed by atoms with Gasteiger partial charge in [-0.25, -0.2) is 0 Å². The van der Waals surface area contributed by atoms with Crippen LogP contribution in [0.2, 0.25) is 0 Å². The Morgan fingerprint density at radius 2 is 1.83 bits per heavy atom. The van der Waals surface area contributed by atoms with E-state index in [1.165, 1.54) is 0 Å². The number of methoxy groups -OCH3 is 1. The van der Waals surface area contributed by atoms with E-state index in [0.717, 1.165) is 0 Å². The van der Waals surface area contributed by atoms with Crippen molar-refractivity contribution in [1.82, 2.24) is 0 Å². The van der Waals surface area contributed by atoms with Crippen molar-refractivity contribution in [1.29, 1.82) is 0 Å². The van der Waals surface area contributed by atoms with Crippen LogP contribution in [0.3, 0.4) is 0 Å². The van der Waals surface area contributed by atoms with E-state index in [9.17, 15) is 9.59 Å². The number of carboxylic acids is 1. The average Bonchev–Trinajstić information content (AvgIpc) is 2.55. The number of benzene rings is 2. The van der Waals surface area contributed by atoms with Gasteiger partial charge in [0.1, 0.15) is 12.4 Å². The van der Waals surface area contributed by atoms with Crippen LogP contribution in [0.1, 0.15) is 15.9 Å². The molecule has 0 saturated carbocycles. The number of carbonyl (C=O) groups excluding carboxylic acids is 1. The van der Waals surface area contributed by atoms with Crippen LogP contribution in [0.25, 0.3) is 0 Å². The number of amides is 1. The zero-order valence-corrected chi connectivity index (χ0v) is 13.3. The molecular formula is C18H19NO5. The van der Waals surface area contributed by atoms with Crippen molar-refractivity contribution in [2.24, 2.45) is 0 Å². The molecule has 0 radical (unpaired) electrons. The first-order valence-electron chi connectivity index (χ1n) is 7.42. The summed E-state index contributed by atoms with van der Waals surface area (Å²) < 4.78 is 10.4. The maximum absolute atomic E-state index is 12.2. The summed E-state index contributed by atoms with van der Waals surface area (Å²) >= 11 is 0.